The number of aromatic amines is 1. The lowest BCUT2D eigenvalue weighted by Gasteiger charge is -2.31. The normalized spacial score (nSPS) is 23.7. The van der Waals surface area contributed by atoms with E-state index in [1.165, 1.54) is 13.4 Å². The molecule has 1 aromatic heterocycles. The zero-order chi connectivity index (χ0) is 13.0. The number of methoxy groups -OCH3 is 1. The summed E-state index contributed by atoms with van der Waals surface area (Å²) in [6.07, 6.45) is 5.59. The molecule has 1 heterocycles. The molecule has 0 amide bonds. The second-order valence-electron chi connectivity index (χ2n) is 4.59. The first-order valence-corrected chi connectivity index (χ1v) is 6.25. The van der Waals surface area contributed by atoms with Crippen molar-refractivity contribution < 1.29 is 9.84 Å². The third-order valence-corrected chi connectivity index (χ3v) is 3.48. The third kappa shape index (κ3) is 2.64. The Morgan fingerprint density at radius 2 is 2.33 bits per heavy atom. The number of nitrogens with zero attached hydrogens (tertiary/aromatic N) is 1. The summed E-state index contributed by atoms with van der Waals surface area (Å²) >= 11 is 0. The summed E-state index contributed by atoms with van der Waals surface area (Å²) in [5, 5.41) is 12.6. The molecule has 0 spiro atoms. The third-order valence-electron chi connectivity index (χ3n) is 3.48. The lowest BCUT2D eigenvalue weighted by Crippen LogP contribution is -2.35. The highest BCUT2D eigenvalue weighted by Crippen LogP contribution is 2.28. The predicted octanol–water partition coefficient (Wildman–Crippen LogP) is 0.741. The number of hydrogen-bond donors (Lipinski definition) is 3. The minimum Gasteiger partial charge on any atom is -0.489 e. The van der Waals surface area contributed by atoms with Crippen molar-refractivity contribution in [2.75, 3.05) is 19.0 Å². The number of anilines is 1. The topological polar surface area (TPSA) is 87.2 Å². The number of rotatable bonds is 4. The quantitative estimate of drug-likeness (QED) is 0.736. The van der Waals surface area contributed by atoms with Gasteiger partial charge < -0.3 is 20.1 Å². The van der Waals surface area contributed by atoms with Gasteiger partial charge in [0.25, 0.3) is 5.56 Å². The van der Waals surface area contributed by atoms with Gasteiger partial charge in [-0.15, -0.1) is 0 Å². The second kappa shape index (κ2) is 5.86. The van der Waals surface area contributed by atoms with Crippen molar-refractivity contribution in [2.24, 2.45) is 5.92 Å². The molecule has 0 aromatic carbocycles. The molecule has 0 bridgehead atoms. The fourth-order valence-electron chi connectivity index (χ4n) is 2.47. The van der Waals surface area contributed by atoms with Crippen LogP contribution in [0.1, 0.15) is 25.7 Å². The molecule has 6 heteroatoms. The van der Waals surface area contributed by atoms with E-state index in [2.05, 4.69) is 15.3 Å². The van der Waals surface area contributed by atoms with E-state index in [1.807, 2.05) is 0 Å². The van der Waals surface area contributed by atoms with Crippen molar-refractivity contribution >= 4 is 5.82 Å². The van der Waals surface area contributed by atoms with Gasteiger partial charge in [0, 0.05) is 18.6 Å². The number of ether oxygens (including phenoxy) is 1. The Bertz CT molecular complexity index is 446. The Labute approximate surface area is 105 Å². The van der Waals surface area contributed by atoms with Gasteiger partial charge >= 0.3 is 0 Å². The Kier molecular flexibility index (Phi) is 4.19. The molecule has 2 rings (SSSR count). The zero-order valence-corrected chi connectivity index (χ0v) is 10.5. The zero-order valence-electron chi connectivity index (χ0n) is 10.5. The highest BCUT2D eigenvalue weighted by atomic mass is 16.5. The molecule has 1 aromatic rings. The van der Waals surface area contributed by atoms with Crippen LogP contribution in [0.15, 0.2) is 11.1 Å². The maximum absolute atomic E-state index is 11.6. The molecule has 1 fully saturated rings. The average Bonchev–Trinajstić information content (AvgIpc) is 2.40. The Morgan fingerprint density at radius 3 is 3.06 bits per heavy atom. The van der Waals surface area contributed by atoms with Crippen molar-refractivity contribution in [3.8, 4) is 5.75 Å². The van der Waals surface area contributed by atoms with Crippen molar-refractivity contribution in [2.45, 2.75) is 31.7 Å². The summed E-state index contributed by atoms with van der Waals surface area (Å²) in [4.78, 5) is 18.1. The van der Waals surface area contributed by atoms with Crippen LogP contribution in [0, 0.1) is 5.92 Å². The lowest BCUT2D eigenvalue weighted by molar-refractivity contribution is 0.178. The van der Waals surface area contributed by atoms with Gasteiger partial charge in [-0.1, -0.05) is 12.8 Å². The van der Waals surface area contributed by atoms with Gasteiger partial charge in [-0.25, -0.2) is 4.98 Å². The largest absolute Gasteiger partial charge is 0.489 e. The van der Waals surface area contributed by atoms with Crippen LogP contribution in [0.5, 0.6) is 5.75 Å². The summed E-state index contributed by atoms with van der Waals surface area (Å²) < 4.78 is 5.06. The van der Waals surface area contributed by atoms with Crippen LogP contribution >= 0.6 is 0 Å². The molecule has 0 saturated heterocycles. The molecule has 2 atom stereocenters. The minimum absolute atomic E-state index is 0.145. The first kappa shape index (κ1) is 12.9. The molecule has 6 nitrogen and oxygen atoms in total. The van der Waals surface area contributed by atoms with Gasteiger partial charge in [0.2, 0.25) is 5.75 Å². The van der Waals surface area contributed by atoms with Crippen LogP contribution in [0.2, 0.25) is 0 Å². The van der Waals surface area contributed by atoms with E-state index in [1.54, 1.807) is 0 Å². The van der Waals surface area contributed by atoms with E-state index < -0.39 is 0 Å². The Morgan fingerprint density at radius 1 is 1.56 bits per heavy atom. The summed E-state index contributed by atoms with van der Waals surface area (Å²) in [6, 6.07) is 0.145. The number of H-pyrrole nitrogens is 1. The molecule has 3 N–H and O–H groups in total. The van der Waals surface area contributed by atoms with Crippen molar-refractivity contribution in [1.82, 2.24) is 9.97 Å². The first-order valence-electron chi connectivity index (χ1n) is 6.25. The van der Waals surface area contributed by atoms with E-state index in [0.717, 1.165) is 25.7 Å². The van der Waals surface area contributed by atoms with Gasteiger partial charge in [-0.2, -0.15) is 0 Å². The molecule has 18 heavy (non-hydrogen) atoms. The van der Waals surface area contributed by atoms with Crippen molar-refractivity contribution in [3.63, 3.8) is 0 Å². The SMILES string of the molecule is COc1c(NC2CCCCC2CO)nc[nH]c1=O. The maximum Gasteiger partial charge on any atom is 0.295 e. The van der Waals surface area contributed by atoms with Crippen molar-refractivity contribution in [3.05, 3.63) is 16.7 Å². The van der Waals surface area contributed by atoms with E-state index in [9.17, 15) is 9.90 Å². The summed E-state index contributed by atoms with van der Waals surface area (Å²) in [5.41, 5.74) is -0.300. The molecule has 1 aliphatic rings. The van der Waals surface area contributed by atoms with Gasteiger partial charge in [-0.3, -0.25) is 4.79 Å². The predicted molar refractivity (Wildman–Crippen MR) is 67.9 cm³/mol. The summed E-state index contributed by atoms with van der Waals surface area (Å²) in [6.45, 7) is 0.156. The van der Waals surface area contributed by atoms with Crippen LogP contribution in [-0.2, 0) is 0 Å². The number of aromatic nitrogens is 2. The van der Waals surface area contributed by atoms with Crippen molar-refractivity contribution in [1.29, 1.82) is 0 Å². The molecule has 0 aliphatic heterocycles. The highest BCUT2D eigenvalue weighted by molar-refractivity contribution is 5.48. The Hall–Kier alpha value is -1.56. The molecule has 1 aliphatic carbocycles. The molecule has 1 saturated carbocycles. The fourth-order valence-corrected chi connectivity index (χ4v) is 2.47. The van der Waals surface area contributed by atoms with E-state index in [0.29, 0.717) is 5.82 Å². The van der Waals surface area contributed by atoms with Gasteiger partial charge in [0.05, 0.1) is 13.4 Å². The number of aliphatic hydroxyl groups is 1. The van der Waals surface area contributed by atoms with Crippen LogP contribution in [0.3, 0.4) is 0 Å². The number of hydrogen-bond acceptors (Lipinski definition) is 5. The van der Waals surface area contributed by atoms with Crippen LogP contribution in [0.4, 0.5) is 5.82 Å². The molecule has 0 radical (unpaired) electrons. The first-order chi connectivity index (χ1) is 8.76. The summed E-state index contributed by atoms with van der Waals surface area (Å²) in [7, 11) is 1.45. The molecular weight excluding hydrogens is 234 g/mol. The standard InChI is InChI=1S/C12H19N3O3/c1-18-10-11(13-7-14-12(10)17)15-9-5-3-2-4-8(9)6-16/h7-9,16H,2-6H2,1H3,(H2,13,14,15,17). The molecule has 100 valence electrons. The smallest absolute Gasteiger partial charge is 0.295 e. The fraction of sp³-hybridized carbons (Fsp3) is 0.667. The monoisotopic (exact) mass is 253 g/mol. The molecule has 2 unspecified atom stereocenters. The van der Waals surface area contributed by atoms with E-state index in [4.69, 9.17) is 4.74 Å². The van der Waals surface area contributed by atoms with E-state index >= 15 is 0 Å². The van der Waals surface area contributed by atoms with Gasteiger partial charge in [0.15, 0.2) is 5.82 Å². The highest BCUT2D eigenvalue weighted by Gasteiger charge is 2.25. The minimum atomic E-state index is -0.300. The summed E-state index contributed by atoms with van der Waals surface area (Å²) in [5.74, 6) is 0.857. The van der Waals surface area contributed by atoms with Gasteiger partial charge in [-0.05, 0) is 12.8 Å². The number of nitrogens with one attached hydrogen (secondary N) is 2. The van der Waals surface area contributed by atoms with Gasteiger partial charge in [0.1, 0.15) is 0 Å². The van der Waals surface area contributed by atoms with Crippen LogP contribution in [0.25, 0.3) is 0 Å². The van der Waals surface area contributed by atoms with Crippen LogP contribution in [-0.4, -0.2) is 34.8 Å². The molecular formula is C12H19N3O3. The number of aliphatic hydroxyl groups excluding tert-OH is 1. The average molecular weight is 253 g/mol. The van der Waals surface area contributed by atoms with E-state index in [-0.39, 0.29) is 29.9 Å². The Balaban J connectivity index is 2.17. The lowest BCUT2D eigenvalue weighted by atomic mass is 9.85. The second-order valence-corrected chi connectivity index (χ2v) is 4.59. The maximum atomic E-state index is 11.6. The van der Waals surface area contributed by atoms with Crippen LogP contribution < -0.4 is 15.6 Å².